The highest BCUT2D eigenvalue weighted by Crippen LogP contribution is 2.19. The number of nitrogens with one attached hydrogen (secondary N) is 3. The molecule has 3 rings (SSSR count). The fourth-order valence-electron chi connectivity index (χ4n) is 2.82. The van der Waals surface area contributed by atoms with Gasteiger partial charge in [-0.15, -0.1) is 0 Å². The molecule has 1 aromatic carbocycles. The molecule has 0 radical (unpaired) electrons. The van der Waals surface area contributed by atoms with Crippen molar-refractivity contribution in [1.82, 2.24) is 10.6 Å². The molecule has 2 atom stereocenters. The van der Waals surface area contributed by atoms with Crippen LogP contribution in [0.2, 0.25) is 0 Å². The summed E-state index contributed by atoms with van der Waals surface area (Å²) in [6.07, 6.45) is 3.52. The molecule has 7 nitrogen and oxygen atoms in total. The largest absolute Gasteiger partial charge is 0.488 e. The quantitative estimate of drug-likeness (QED) is 0.781. The number of carbonyl (C=O) groups is 2. The molecule has 2 heterocycles. The van der Waals surface area contributed by atoms with E-state index in [-0.39, 0.29) is 18.0 Å². The first kappa shape index (κ1) is 16.6. The van der Waals surface area contributed by atoms with Gasteiger partial charge in [0.15, 0.2) is 0 Å². The summed E-state index contributed by atoms with van der Waals surface area (Å²) in [6.45, 7) is 2.03. The number of carbonyl (C=O) groups excluding carboxylic acids is 2. The lowest BCUT2D eigenvalue weighted by atomic mass is 10.1. The van der Waals surface area contributed by atoms with Crippen molar-refractivity contribution in [2.24, 2.45) is 0 Å². The molecule has 0 saturated carbocycles. The molecule has 0 bridgehead atoms. The third-order valence-corrected chi connectivity index (χ3v) is 4.14. The average Bonchev–Trinajstić information content (AvgIpc) is 3.00. The predicted molar refractivity (Wildman–Crippen MR) is 89.1 cm³/mol. The Kier molecular flexibility index (Phi) is 5.53. The van der Waals surface area contributed by atoms with E-state index in [0.717, 1.165) is 31.6 Å². The highest BCUT2D eigenvalue weighted by molar-refractivity contribution is 5.93. The van der Waals surface area contributed by atoms with Crippen LogP contribution in [0.5, 0.6) is 5.75 Å². The van der Waals surface area contributed by atoms with Gasteiger partial charge < -0.3 is 25.4 Å². The fraction of sp³-hybridized carbons (Fsp3) is 0.529. The van der Waals surface area contributed by atoms with Gasteiger partial charge in [0, 0.05) is 18.7 Å². The van der Waals surface area contributed by atoms with Gasteiger partial charge in [0.25, 0.3) is 0 Å². The van der Waals surface area contributed by atoms with E-state index in [1.165, 1.54) is 0 Å². The summed E-state index contributed by atoms with van der Waals surface area (Å²) < 4.78 is 11.1. The van der Waals surface area contributed by atoms with E-state index in [0.29, 0.717) is 25.3 Å². The number of rotatable bonds is 4. The van der Waals surface area contributed by atoms with E-state index in [1.54, 1.807) is 12.1 Å². The maximum atomic E-state index is 12.1. The average molecular weight is 333 g/mol. The SMILES string of the molecule is O=C(Nc1ccc(O[C@@H]2CCOC2)cc1)N[C@@H]1CCCCNC1=O. The molecule has 0 aliphatic carbocycles. The Hall–Kier alpha value is -2.28. The normalized spacial score (nSPS) is 23.9. The summed E-state index contributed by atoms with van der Waals surface area (Å²) in [7, 11) is 0. The van der Waals surface area contributed by atoms with Gasteiger partial charge in [-0.3, -0.25) is 4.79 Å². The second-order valence-corrected chi connectivity index (χ2v) is 6.07. The first-order valence-electron chi connectivity index (χ1n) is 8.40. The molecule has 1 aromatic rings. The lowest BCUT2D eigenvalue weighted by molar-refractivity contribution is -0.122. The Morgan fingerprint density at radius 2 is 2.04 bits per heavy atom. The lowest BCUT2D eigenvalue weighted by Gasteiger charge is -2.16. The van der Waals surface area contributed by atoms with Gasteiger partial charge in [-0.05, 0) is 43.5 Å². The Morgan fingerprint density at radius 3 is 2.79 bits per heavy atom. The van der Waals surface area contributed by atoms with Crippen LogP contribution in [0.1, 0.15) is 25.7 Å². The Bertz CT molecular complexity index is 570. The minimum absolute atomic E-state index is 0.0980. The number of hydrogen-bond acceptors (Lipinski definition) is 4. The van der Waals surface area contributed by atoms with Crippen LogP contribution in [0, 0.1) is 0 Å². The predicted octanol–water partition coefficient (Wildman–Crippen LogP) is 1.64. The molecule has 2 fully saturated rings. The Balaban J connectivity index is 1.49. The molecule has 2 aliphatic heterocycles. The van der Waals surface area contributed by atoms with Gasteiger partial charge in [0.1, 0.15) is 17.9 Å². The molecule has 0 spiro atoms. The zero-order chi connectivity index (χ0) is 16.8. The number of anilines is 1. The second-order valence-electron chi connectivity index (χ2n) is 6.07. The van der Waals surface area contributed by atoms with Gasteiger partial charge in [-0.25, -0.2) is 4.79 Å². The van der Waals surface area contributed by atoms with E-state index in [9.17, 15) is 9.59 Å². The van der Waals surface area contributed by atoms with E-state index in [2.05, 4.69) is 16.0 Å². The molecule has 2 saturated heterocycles. The summed E-state index contributed by atoms with van der Waals surface area (Å²) in [5.41, 5.74) is 0.650. The summed E-state index contributed by atoms with van der Waals surface area (Å²) in [5, 5.41) is 8.26. The number of ether oxygens (including phenoxy) is 2. The summed E-state index contributed by atoms with van der Waals surface area (Å²) in [5.74, 6) is 0.629. The number of urea groups is 1. The smallest absolute Gasteiger partial charge is 0.319 e. The van der Waals surface area contributed by atoms with Crippen molar-refractivity contribution < 1.29 is 19.1 Å². The lowest BCUT2D eigenvalue weighted by Crippen LogP contribution is -2.46. The second kappa shape index (κ2) is 8.01. The molecular weight excluding hydrogens is 310 g/mol. The zero-order valence-corrected chi connectivity index (χ0v) is 13.5. The van der Waals surface area contributed by atoms with E-state index < -0.39 is 6.04 Å². The molecule has 0 unspecified atom stereocenters. The maximum Gasteiger partial charge on any atom is 0.319 e. The molecule has 3 N–H and O–H groups in total. The first-order chi connectivity index (χ1) is 11.7. The minimum atomic E-state index is -0.475. The summed E-state index contributed by atoms with van der Waals surface area (Å²) in [6, 6.07) is 6.32. The molecule has 130 valence electrons. The molecule has 7 heteroatoms. The third kappa shape index (κ3) is 4.61. The Labute approximate surface area is 141 Å². The van der Waals surface area contributed by atoms with Crippen molar-refractivity contribution in [3.8, 4) is 5.75 Å². The van der Waals surface area contributed by atoms with E-state index >= 15 is 0 Å². The molecule has 24 heavy (non-hydrogen) atoms. The first-order valence-corrected chi connectivity index (χ1v) is 8.40. The van der Waals surface area contributed by atoms with Gasteiger partial charge in [0.05, 0.1) is 13.2 Å². The van der Waals surface area contributed by atoms with Crippen LogP contribution in [-0.2, 0) is 9.53 Å². The van der Waals surface area contributed by atoms with E-state index in [1.807, 2.05) is 12.1 Å². The Morgan fingerprint density at radius 1 is 1.21 bits per heavy atom. The monoisotopic (exact) mass is 333 g/mol. The van der Waals surface area contributed by atoms with Gasteiger partial charge >= 0.3 is 6.03 Å². The van der Waals surface area contributed by atoms with Crippen LogP contribution in [-0.4, -0.2) is 43.8 Å². The van der Waals surface area contributed by atoms with Crippen molar-refractivity contribution in [3.63, 3.8) is 0 Å². The molecule has 2 aliphatic rings. The maximum absolute atomic E-state index is 12.1. The molecule has 0 aromatic heterocycles. The van der Waals surface area contributed by atoms with Crippen LogP contribution in [0.3, 0.4) is 0 Å². The van der Waals surface area contributed by atoms with Crippen molar-refractivity contribution >= 4 is 17.6 Å². The van der Waals surface area contributed by atoms with Crippen LogP contribution >= 0.6 is 0 Å². The summed E-state index contributed by atoms with van der Waals surface area (Å²) >= 11 is 0. The zero-order valence-electron chi connectivity index (χ0n) is 13.5. The van der Waals surface area contributed by atoms with Gasteiger partial charge in [-0.2, -0.15) is 0 Å². The van der Waals surface area contributed by atoms with Gasteiger partial charge in [-0.1, -0.05) is 0 Å². The van der Waals surface area contributed by atoms with Crippen molar-refractivity contribution in [1.29, 1.82) is 0 Å². The molecular formula is C17H23N3O4. The van der Waals surface area contributed by atoms with Gasteiger partial charge in [0.2, 0.25) is 5.91 Å². The molecule has 3 amide bonds. The number of hydrogen-bond donors (Lipinski definition) is 3. The minimum Gasteiger partial charge on any atom is -0.488 e. The van der Waals surface area contributed by atoms with Crippen molar-refractivity contribution in [2.45, 2.75) is 37.8 Å². The van der Waals surface area contributed by atoms with Crippen LogP contribution in [0.4, 0.5) is 10.5 Å². The number of benzene rings is 1. The topological polar surface area (TPSA) is 88.7 Å². The highest BCUT2D eigenvalue weighted by atomic mass is 16.5. The number of amides is 3. The third-order valence-electron chi connectivity index (χ3n) is 4.14. The van der Waals surface area contributed by atoms with Crippen LogP contribution in [0.25, 0.3) is 0 Å². The fourth-order valence-corrected chi connectivity index (χ4v) is 2.82. The van der Waals surface area contributed by atoms with E-state index in [4.69, 9.17) is 9.47 Å². The highest BCUT2D eigenvalue weighted by Gasteiger charge is 2.22. The standard InChI is InChI=1S/C17H23N3O4/c21-16-15(3-1-2-9-18-16)20-17(22)19-12-4-6-13(7-5-12)24-14-8-10-23-11-14/h4-7,14-15H,1-3,8-11H2,(H,18,21)(H2,19,20,22)/t14-,15-/m1/s1. The summed E-state index contributed by atoms with van der Waals surface area (Å²) in [4.78, 5) is 23.9. The van der Waals surface area contributed by atoms with Crippen molar-refractivity contribution in [2.75, 3.05) is 25.1 Å². The van der Waals surface area contributed by atoms with Crippen LogP contribution < -0.4 is 20.7 Å². The van der Waals surface area contributed by atoms with Crippen LogP contribution in [0.15, 0.2) is 24.3 Å². The van der Waals surface area contributed by atoms with Crippen molar-refractivity contribution in [3.05, 3.63) is 24.3 Å².